The van der Waals surface area contributed by atoms with Crippen molar-refractivity contribution in [3.8, 4) is 5.75 Å². The number of esters is 1. The van der Waals surface area contributed by atoms with E-state index in [4.69, 9.17) is 5.73 Å². The van der Waals surface area contributed by atoms with Crippen molar-refractivity contribution in [2.24, 2.45) is 5.73 Å². The summed E-state index contributed by atoms with van der Waals surface area (Å²) in [6.45, 7) is 0. The van der Waals surface area contributed by atoms with Gasteiger partial charge < -0.3 is 15.6 Å². The zero-order chi connectivity index (χ0) is 11.4. The molecule has 0 radical (unpaired) electrons. The van der Waals surface area contributed by atoms with Gasteiger partial charge >= 0.3 is 5.97 Å². The van der Waals surface area contributed by atoms with E-state index in [1.807, 2.05) is 0 Å². The molecule has 0 fully saturated rings. The Kier molecular flexibility index (Phi) is 3.28. The third-order valence-electron chi connectivity index (χ3n) is 1.92. The van der Waals surface area contributed by atoms with Gasteiger partial charge in [0.2, 0.25) is 5.91 Å². The number of phenols is 1. The lowest BCUT2D eigenvalue weighted by molar-refractivity contribution is -0.139. The molecule has 0 unspecified atom stereocenters. The van der Waals surface area contributed by atoms with Crippen molar-refractivity contribution >= 4 is 11.9 Å². The number of hydrogen-bond donors (Lipinski definition) is 2. The number of methoxy groups -OCH3 is 1. The van der Waals surface area contributed by atoms with Crippen LogP contribution in [-0.2, 0) is 16.0 Å². The predicted molar refractivity (Wildman–Crippen MR) is 52.3 cm³/mol. The first kappa shape index (κ1) is 11.0. The monoisotopic (exact) mass is 209 g/mol. The molecule has 0 spiro atoms. The smallest absolute Gasteiger partial charge is 0.310 e. The molecule has 15 heavy (non-hydrogen) atoms. The standard InChI is InChI=1S/C10H11NO4/c1-15-9(13)5-6-4-7(12)2-3-8(6)10(11)14/h2-4,12H,5H2,1H3,(H2,11,14). The molecule has 1 amide bonds. The van der Waals surface area contributed by atoms with E-state index < -0.39 is 11.9 Å². The summed E-state index contributed by atoms with van der Waals surface area (Å²) in [4.78, 5) is 22.0. The molecule has 0 bridgehead atoms. The first-order valence-electron chi connectivity index (χ1n) is 4.23. The van der Waals surface area contributed by atoms with E-state index in [0.29, 0.717) is 5.56 Å². The van der Waals surface area contributed by atoms with Crippen LogP contribution in [0.5, 0.6) is 5.75 Å². The minimum absolute atomic E-state index is 0.0288. The molecule has 0 heterocycles. The van der Waals surface area contributed by atoms with Crippen molar-refractivity contribution in [3.63, 3.8) is 0 Å². The summed E-state index contributed by atoms with van der Waals surface area (Å²) in [5.41, 5.74) is 5.67. The molecule has 0 aliphatic carbocycles. The molecular weight excluding hydrogens is 198 g/mol. The Balaban J connectivity index is 3.07. The molecule has 0 atom stereocenters. The molecule has 1 aromatic rings. The molecule has 5 nitrogen and oxygen atoms in total. The van der Waals surface area contributed by atoms with Crippen molar-refractivity contribution in [3.05, 3.63) is 29.3 Å². The van der Waals surface area contributed by atoms with Crippen molar-refractivity contribution in [2.45, 2.75) is 6.42 Å². The van der Waals surface area contributed by atoms with Crippen LogP contribution < -0.4 is 5.73 Å². The number of amides is 1. The van der Waals surface area contributed by atoms with E-state index in [-0.39, 0.29) is 17.7 Å². The van der Waals surface area contributed by atoms with Crippen LogP contribution >= 0.6 is 0 Å². The number of hydrogen-bond acceptors (Lipinski definition) is 4. The van der Waals surface area contributed by atoms with Gasteiger partial charge in [0.1, 0.15) is 5.75 Å². The fourth-order valence-electron chi connectivity index (χ4n) is 1.19. The summed E-state index contributed by atoms with van der Waals surface area (Å²) < 4.78 is 4.46. The fourth-order valence-corrected chi connectivity index (χ4v) is 1.19. The summed E-state index contributed by atoms with van der Waals surface area (Å²) in [5.74, 6) is -1.17. The van der Waals surface area contributed by atoms with Crippen LogP contribution in [-0.4, -0.2) is 24.1 Å². The minimum atomic E-state index is -0.645. The van der Waals surface area contributed by atoms with E-state index in [9.17, 15) is 14.7 Å². The van der Waals surface area contributed by atoms with Gasteiger partial charge in [-0.25, -0.2) is 0 Å². The van der Waals surface area contributed by atoms with Crippen molar-refractivity contribution < 1.29 is 19.4 Å². The number of ether oxygens (including phenoxy) is 1. The maximum atomic E-state index is 11.0. The zero-order valence-corrected chi connectivity index (χ0v) is 8.19. The summed E-state index contributed by atoms with van der Waals surface area (Å²) >= 11 is 0. The Morgan fingerprint density at radius 2 is 2.13 bits per heavy atom. The highest BCUT2D eigenvalue weighted by molar-refractivity contribution is 5.95. The van der Waals surface area contributed by atoms with Crippen LogP contribution in [0.15, 0.2) is 18.2 Å². The molecule has 80 valence electrons. The van der Waals surface area contributed by atoms with E-state index in [2.05, 4.69) is 4.74 Å². The number of aromatic hydroxyl groups is 1. The van der Waals surface area contributed by atoms with E-state index in [1.54, 1.807) is 0 Å². The quantitative estimate of drug-likeness (QED) is 0.696. The van der Waals surface area contributed by atoms with Crippen molar-refractivity contribution in [1.82, 2.24) is 0 Å². The minimum Gasteiger partial charge on any atom is -0.508 e. The van der Waals surface area contributed by atoms with Gasteiger partial charge in [-0.2, -0.15) is 0 Å². The van der Waals surface area contributed by atoms with Gasteiger partial charge in [-0.1, -0.05) is 0 Å². The van der Waals surface area contributed by atoms with Gasteiger partial charge in [-0.05, 0) is 23.8 Å². The average Bonchev–Trinajstić information content (AvgIpc) is 2.17. The lowest BCUT2D eigenvalue weighted by Gasteiger charge is -2.05. The van der Waals surface area contributed by atoms with Crippen molar-refractivity contribution in [1.29, 1.82) is 0 Å². The van der Waals surface area contributed by atoms with Crippen LogP contribution in [0.3, 0.4) is 0 Å². The molecule has 1 rings (SSSR count). The molecular formula is C10H11NO4. The normalized spacial score (nSPS) is 9.67. The number of carbonyl (C=O) groups is 2. The highest BCUT2D eigenvalue weighted by Gasteiger charge is 2.12. The maximum absolute atomic E-state index is 11.0. The SMILES string of the molecule is COC(=O)Cc1cc(O)ccc1C(N)=O. The van der Waals surface area contributed by atoms with Crippen LogP contribution in [0.25, 0.3) is 0 Å². The van der Waals surface area contributed by atoms with Gasteiger partial charge in [-0.3, -0.25) is 9.59 Å². The second-order valence-electron chi connectivity index (χ2n) is 2.96. The van der Waals surface area contributed by atoms with Crippen LogP contribution in [0, 0.1) is 0 Å². The van der Waals surface area contributed by atoms with Crippen LogP contribution in [0.4, 0.5) is 0 Å². The summed E-state index contributed by atoms with van der Waals surface area (Å²) in [7, 11) is 1.25. The molecule has 1 aromatic carbocycles. The Morgan fingerprint density at radius 3 is 2.67 bits per heavy atom. The second-order valence-corrected chi connectivity index (χ2v) is 2.96. The number of phenolic OH excluding ortho intramolecular Hbond substituents is 1. The topological polar surface area (TPSA) is 89.6 Å². The van der Waals surface area contributed by atoms with Crippen LogP contribution in [0.1, 0.15) is 15.9 Å². The molecule has 5 heteroatoms. The maximum Gasteiger partial charge on any atom is 0.310 e. The number of carbonyl (C=O) groups excluding carboxylic acids is 2. The largest absolute Gasteiger partial charge is 0.508 e. The highest BCUT2D eigenvalue weighted by Crippen LogP contribution is 2.17. The second kappa shape index (κ2) is 4.45. The van der Waals surface area contributed by atoms with Gasteiger partial charge in [0, 0.05) is 5.56 Å². The highest BCUT2D eigenvalue weighted by atomic mass is 16.5. The third-order valence-corrected chi connectivity index (χ3v) is 1.92. The Hall–Kier alpha value is -2.04. The number of benzene rings is 1. The third kappa shape index (κ3) is 2.70. The molecule has 0 saturated carbocycles. The Bertz CT molecular complexity index is 400. The van der Waals surface area contributed by atoms with E-state index in [0.717, 1.165) is 0 Å². The molecule has 0 saturated heterocycles. The van der Waals surface area contributed by atoms with Gasteiger partial charge in [0.25, 0.3) is 0 Å². The molecule has 0 aliphatic rings. The number of primary amides is 1. The number of nitrogens with two attached hydrogens (primary N) is 1. The summed E-state index contributed by atoms with van der Waals surface area (Å²) in [5, 5.41) is 9.20. The molecule has 0 aliphatic heterocycles. The number of rotatable bonds is 3. The lowest BCUT2D eigenvalue weighted by Crippen LogP contribution is -2.16. The Labute approximate surface area is 86.5 Å². The lowest BCUT2D eigenvalue weighted by atomic mass is 10.0. The van der Waals surface area contributed by atoms with E-state index in [1.165, 1.54) is 25.3 Å². The zero-order valence-electron chi connectivity index (χ0n) is 8.19. The fraction of sp³-hybridized carbons (Fsp3) is 0.200. The van der Waals surface area contributed by atoms with Gasteiger partial charge in [0.15, 0.2) is 0 Å². The average molecular weight is 209 g/mol. The summed E-state index contributed by atoms with van der Waals surface area (Å²) in [6, 6.07) is 4.02. The summed E-state index contributed by atoms with van der Waals surface area (Å²) in [6.07, 6.45) is -0.0941. The first-order valence-corrected chi connectivity index (χ1v) is 4.23. The van der Waals surface area contributed by atoms with Crippen molar-refractivity contribution in [2.75, 3.05) is 7.11 Å². The van der Waals surface area contributed by atoms with Crippen LogP contribution in [0.2, 0.25) is 0 Å². The van der Waals surface area contributed by atoms with E-state index >= 15 is 0 Å². The van der Waals surface area contributed by atoms with Gasteiger partial charge in [0.05, 0.1) is 13.5 Å². The van der Waals surface area contributed by atoms with Gasteiger partial charge in [-0.15, -0.1) is 0 Å². The Morgan fingerprint density at radius 1 is 1.47 bits per heavy atom. The molecule has 0 aromatic heterocycles. The molecule has 3 N–H and O–H groups in total. The predicted octanol–water partition coefficient (Wildman–Crippen LogP) is 0.207. The first-order chi connectivity index (χ1) is 7.04.